The van der Waals surface area contributed by atoms with Crippen molar-refractivity contribution in [2.45, 2.75) is 18.4 Å². The van der Waals surface area contributed by atoms with Gasteiger partial charge in [0.05, 0.1) is 4.90 Å². The van der Waals surface area contributed by atoms with Gasteiger partial charge in [0.2, 0.25) is 0 Å². The van der Waals surface area contributed by atoms with Crippen LogP contribution in [0.25, 0.3) is 0 Å². The lowest BCUT2D eigenvalue weighted by atomic mass is 10.2. The molecule has 94 valence electrons. The van der Waals surface area contributed by atoms with Gasteiger partial charge in [-0.15, -0.1) is 0 Å². The molecule has 0 unspecified atom stereocenters. The minimum atomic E-state index is -3.10. The Hall–Kier alpha value is -0.840. The van der Waals surface area contributed by atoms with Gasteiger partial charge in [0.1, 0.15) is 0 Å². The van der Waals surface area contributed by atoms with Gasteiger partial charge in [0.15, 0.2) is 9.84 Å². The van der Waals surface area contributed by atoms with E-state index in [0.717, 1.165) is 17.7 Å². The number of nitrogens with one attached hydrogen (secondary N) is 1. The number of hydrogen-bond acceptors (Lipinski definition) is 3. The van der Waals surface area contributed by atoms with Crippen LogP contribution >= 0.6 is 11.6 Å². The molecule has 1 N–H and O–H groups in total. The van der Waals surface area contributed by atoms with E-state index in [9.17, 15) is 8.42 Å². The van der Waals surface area contributed by atoms with E-state index in [2.05, 4.69) is 5.32 Å². The zero-order valence-corrected chi connectivity index (χ0v) is 11.5. The molecule has 1 rings (SSSR count). The second-order valence-electron chi connectivity index (χ2n) is 3.98. The van der Waals surface area contributed by atoms with Gasteiger partial charge in [0, 0.05) is 24.9 Å². The number of halogens is 1. The molecule has 0 saturated heterocycles. The van der Waals surface area contributed by atoms with Crippen LogP contribution in [0.4, 0.5) is 0 Å². The van der Waals surface area contributed by atoms with Gasteiger partial charge < -0.3 is 5.32 Å². The molecule has 0 aliphatic heterocycles. The van der Waals surface area contributed by atoms with Crippen LogP contribution in [0, 0.1) is 0 Å². The van der Waals surface area contributed by atoms with Crippen molar-refractivity contribution < 1.29 is 8.42 Å². The topological polar surface area (TPSA) is 46.2 Å². The maximum atomic E-state index is 11.2. The Bertz CT molecular complexity index is 492. The van der Waals surface area contributed by atoms with Gasteiger partial charge in [-0.3, -0.25) is 0 Å². The third-order valence-corrected chi connectivity index (χ3v) is 3.77. The molecule has 0 spiro atoms. The normalized spacial score (nSPS) is 12.8. The van der Waals surface area contributed by atoms with Crippen molar-refractivity contribution in [3.63, 3.8) is 0 Å². The predicted molar refractivity (Wildman–Crippen MR) is 70.9 cm³/mol. The van der Waals surface area contributed by atoms with Crippen molar-refractivity contribution in [3.05, 3.63) is 40.9 Å². The molecule has 1 aromatic rings. The summed E-state index contributed by atoms with van der Waals surface area (Å²) >= 11 is 5.54. The Labute approximate surface area is 107 Å². The van der Waals surface area contributed by atoms with E-state index in [0.29, 0.717) is 11.4 Å². The van der Waals surface area contributed by atoms with E-state index in [4.69, 9.17) is 11.6 Å². The summed E-state index contributed by atoms with van der Waals surface area (Å²) in [7, 11) is -3.10. The summed E-state index contributed by atoms with van der Waals surface area (Å²) < 4.78 is 22.5. The molecule has 0 atom stereocenters. The first-order valence-electron chi connectivity index (χ1n) is 5.19. The fourth-order valence-electron chi connectivity index (χ4n) is 1.30. The average molecular weight is 274 g/mol. The molecule has 0 amide bonds. The van der Waals surface area contributed by atoms with Gasteiger partial charge >= 0.3 is 0 Å². The maximum absolute atomic E-state index is 11.2. The summed E-state index contributed by atoms with van der Waals surface area (Å²) in [6.45, 7) is 3.34. The first-order chi connectivity index (χ1) is 7.93. The lowest BCUT2D eigenvalue weighted by Gasteiger charge is -2.05. The zero-order valence-electron chi connectivity index (χ0n) is 9.90. The Morgan fingerprint density at radius 2 is 1.94 bits per heavy atom. The van der Waals surface area contributed by atoms with Gasteiger partial charge in [-0.2, -0.15) is 0 Å². The first kappa shape index (κ1) is 14.2. The monoisotopic (exact) mass is 273 g/mol. The molecule has 1 aromatic carbocycles. The molecule has 0 heterocycles. The summed E-state index contributed by atoms with van der Waals surface area (Å²) in [5.74, 6) is 0. The van der Waals surface area contributed by atoms with E-state index >= 15 is 0 Å². The largest absolute Gasteiger partial charge is 0.309 e. The highest BCUT2D eigenvalue weighted by Gasteiger charge is 2.05. The third kappa shape index (κ3) is 4.89. The molecular formula is C12H16ClNO2S. The van der Waals surface area contributed by atoms with E-state index in [-0.39, 0.29) is 0 Å². The van der Waals surface area contributed by atoms with Gasteiger partial charge in [0.25, 0.3) is 0 Å². The SMILES string of the molecule is C/C(=C/Cl)CNCc1ccc(S(C)(=O)=O)cc1. The smallest absolute Gasteiger partial charge is 0.175 e. The molecule has 0 aliphatic carbocycles. The number of benzene rings is 1. The molecule has 0 fully saturated rings. The zero-order chi connectivity index (χ0) is 12.9. The maximum Gasteiger partial charge on any atom is 0.175 e. The van der Waals surface area contributed by atoms with Crippen LogP contribution in [-0.4, -0.2) is 21.2 Å². The van der Waals surface area contributed by atoms with Gasteiger partial charge in [-0.05, 0) is 30.2 Å². The molecule has 3 nitrogen and oxygen atoms in total. The summed E-state index contributed by atoms with van der Waals surface area (Å²) in [5, 5.41) is 3.21. The minimum Gasteiger partial charge on any atom is -0.309 e. The Morgan fingerprint density at radius 1 is 1.35 bits per heavy atom. The molecule has 0 aromatic heterocycles. The summed E-state index contributed by atoms with van der Waals surface area (Å²) in [4.78, 5) is 0.345. The molecule has 0 radical (unpaired) electrons. The number of rotatable bonds is 5. The quantitative estimate of drug-likeness (QED) is 0.896. The Balaban J connectivity index is 2.58. The van der Waals surface area contributed by atoms with Crippen LogP contribution in [-0.2, 0) is 16.4 Å². The minimum absolute atomic E-state index is 0.345. The van der Waals surface area contributed by atoms with Crippen LogP contribution in [0.1, 0.15) is 12.5 Å². The van der Waals surface area contributed by atoms with Crippen LogP contribution < -0.4 is 5.32 Å². The second kappa shape index (κ2) is 6.19. The van der Waals surface area contributed by atoms with Crippen LogP contribution in [0.5, 0.6) is 0 Å². The predicted octanol–water partition coefficient (Wildman–Crippen LogP) is 2.32. The van der Waals surface area contributed by atoms with E-state index < -0.39 is 9.84 Å². The second-order valence-corrected chi connectivity index (χ2v) is 6.21. The van der Waals surface area contributed by atoms with Crippen molar-refractivity contribution >= 4 is 21.4 Å². The highest BCUT2D eigenvalue weighted by atomic mass is 35.5. The summed E-state index contributed by atoms with van der Waals surface area (Å²) in [5.41, 5.74) is 3.64. The average Bonchev–Trinajstić information content (AvgIpc) is 2.28. The van der Waals surface area contributed by atoms with E-state index in [1.54, 1.807) is 17.7 Å². The van der Waals surface area contributed by atoms with Crippen molar-refractivity contribution in [2.75, 3.05) is 12.8 Å². The Kier molecular flexibility index (Phi) is 5.18. The molecule has 0 aliphatic rings. The van der Waals surface area contributed by atoms with Crippen molar-refractivity contribution in [2.24, 2.45) is 0 Å². The molecule has 17 heavy (non-hydrogen) atoms. The first-order valence-corrected chi connectivity index (χ1v) is 7.52. The van der Waals surface area contributed by atoms with Crippen molar-refractivity contribution in [3.8, 4) is 0 Å². The van der Waals surface area contributed by atoms with Crippen LogP contribution in [0.3, 0.4) is 0 Å². The van der Waals surface area contributed by atoms with Crippen molar-refractivity contribution in [1.29, 1.82) is 0 Å². The number of hydrogen-bond donors (Lipinski definition) is 1. The number of sulfone groups is 1. The summed E-state index contributed by atoms with van der Waals surface area (Å²) in [6, 6.07) is 6.86. The standard InChI is InChI=1S/C12H16ClNO2S/c1-10(7-13)8-14-9-11-3-5-12(6-4-11)17(2,15)16/h3-7,14H,8-9H2,1-2H3/b10-7-. The molecule has 0 bridgehead atoms. The van der Waals surface area contributed by atoms with E-state index in [1.807, 2.05) is 19.1 Å². The fraction of sp³-hybridized carbons (Fsp3) is 0.333. The highest BCUT2D eigenvalue weighted by molar-refractivity contribution is 7.90. The molecule has 0 saturated carbocycles. The molecular weight excluding hydrogens is 258 g/mol. The fourth-order valence-corrected chi connectivity index (χ4v) is 2.00. The van der Waals surface area contributed by atoms with Crippen LogP contribution in [0.2, 0.25) is 0 Å². The molecule has 5 heteroatoms. The van der Waals surface area contributed by atoms with Crippen LogP contribution in [0.15, 0.2) is 40.3 Å². The lowest BCUT2D eigenvalue weighted by molar-refractivity contribution is 0.602. The summed E-state index contributed by atoms with van der Waals surface area (Å²) in [6.07, 6.45) is 1.20. The van der Waals surface area contributed by atoms with E-state index in [1.165, 1.54) is 6.26 Å². The van der Waals surface area contributed by atoms with Crippen molar-refractivity contribution in [1.82, 2.24) is 5.32 Å². The van der Waals surface area contributed by atoms with Gasteiger partial charge in [-0.1, -0.05) is 23.7 Å². The highest BCUT2D eigenvalue weighted by Crippen LogP contribution is 2.10. The Morgan fingerprint density at radius 3 is 2.41 bits per heavy atom. The lowest BCUT2D eigenvalue weighted by Crippen LogP contribution is -2.15. The van der Waals surface area contributed by atoms with Gasteiger partial charge in [-0.25, -0.2) is 8.42 Å². The third-order valence-electron chi connectivity index (χ3n) is 2.27.